The van der Waals surface area contributed by atoms with Gasteiger partial charge in [-0.15, -0.1) is 20.4 Å². The van der Waals surface area contributed by atoms with Crippen LogP contribution in [0.15, 0.2) is 33.8 Å². The second kappa shape index (κ2) is 9.12. The summed E-state index contributed by atoms with van der Waals surface area (Å²) in [6.07, 6.45) is -4.45. The molecule has 3 aromatic rings. The van der Waals surface area contributed by atoms with Crippen molar-refractivity contribution in [1.29, 1.82) is 0 Å². The van der Waals surface area contributed by atoms with Crippen molar-refractivity contribution < 1.29 is 27.2 Å². The number of morpholine rings is 1. The van der Waals surface area contributed by atoms with Crippen molar-refractivity contribution >= 4 is 23.4 Å². The normalized spacial score (nSPS) is 14.7. The minimum atomic E-state index is -4.45. The van der Waals surface area contributed by atoms with Crippen LogP contribution >= 0.6 is 11.8 Å². The minimum Gasteiger partial charge on any atom is -0.420 e. The predicted octanol–water partition coefficient (Wildman–Crippen LogP) is 2.93. The average Bonchev–Trinajstić information content (AvgIpc) is 3.39. The Labute approximate surface area is 182 Å². The summed E-state index contributed by atoms with van der Waals surface area (Å²) in [7, 11) is 0. The largest absolute Gasteiger partial charge is 0.420 e. The van der Waals surface area contributed by atoms with Gasteiger partial charge in [-0.05, 0) is 12.1 Å². The summed E-state index contributed by atoms with van der Waals surface area (Å²) in [5, 5.41) is 26.5. The topological polar surface area (TPSA) is 125 Å². The zero-order chi connectivity index (χ0) is 22.7. The molecule has 0 N–H and O–H groups in total. The fourth-order valence-corrected chi connectivity index (χ4v) is 3.75. The average molecular weight is 471 g/mol. The molecule has 1 fully saturated rings. The highest BCUT2D eigenvalue weighted by Gasteiger charge is 2.33. The smallest absolute Gasteiger partial charge is 0.406 e. The van der Waals surface area contributed by atoms with Crippen molar-refractivity contribution in [1.82, 2.24) is 25.0 Å². The highest BCUT2D eigenvalue weighted by molar-refractivity contribution is 7.98. The third-order valence-electron chi connectivity index (χ3n) is 4.45. The van der Waals surface area contributed by atoms with Crippen LogP contribution in [0.1, 0.15) is 5.89 Å². The Hall–Kier alpha value is -3.20. The fraction of sp³-hybridized carbons (Fsp3) is 0.412. The maximum atomic E-state index is 13.2. The zero-order valence-corrected chi connectivity index (χ0v) is 17.2. The van der Waals surface area contributed by atoms with Crippen LogP contribution < -0.4 is 4.90 Å². The van der Waals surface area contributed by atoms with Crippen LogP contribution in [0.3, 0.4) is 0 Å². The van der Waals surface area contributed by atoms with Crippen LogP contribution in [-0.4, -0.2) is 62.4 Å². The van der Waals surface area contributed by atoms with E-state index in [0.29, 0.717) is 31.9 Å². The number of ether oxygens (including phenoxy) is 1. The molecule has 0 amide bonds. The van der Waals surface area contributed by atoms with Crippen molar-refractivity contribution in [3.8, 4) is 11.5 Å². The van der Waals surface area contributed by atoms with Crippen LogP contribution in [0, 0.1) is 10.1 Å². The Bertz CT molecular complexity index is 1080. The number of nitro benzene ring substituents is 1. The molecule has 2 aromatic heterocycles. The number of benzene rings is 1. The van der Waals surface area contributed by atoms with Crippen LogP contribution in [0.4, 0.5) is 24.8 Å². The highest BCUT2D eigenvalue weighted by atomic mass is 32.2. The van der Waals surface area contributed by atoms with Gasteiger partial charge in [-0.2, -0.15) is 13.2 Å². The van der Waals surface area contributed by atoms with Crippen LogP contribution in [0.5, 0.6) is 0 Å². The van der Waals surface area contributed by atoms with Crippen LogP contribution in [0.2, 0.25) is 0 Å². The molecule has 1 aliphatic heterocycles. The summed E-state index contributed by atoms with van der Waals surface area (Å²) < 4.78 is 51.3. The minimum absolute atomic E-state index is 0.0684. The van der Waals surface area contributed by atoms with E-state index in [0.717, 1.165) is 16.3 Å². The zero-order valence-electron chi connectivity index (χ0n) is 16.4. The molecule has 1 saturated heterocycles. The Morgan fingerprint density at radius 2 is 1.81 bits per heavy atom. The number of nitro groups is 1. The molecule has 11 nitrogen and oxygen atoms in total. The van der Waals surface area contributed by atoms with E-state index in [1.165, 1.54) is 24.3 Å². The summed E-state index contributed by atoms with van der Waals surface area (Å²) >= 11 is 0.986. The molecule has 0 spiro atoms. The molecule has 0 unspecified atom stereocenters. The van der Waals surface area contributed by atoms with Gasteiger partial charge in [0.2, 0.25) is 17.7 Å². The third kappa shape index (κ3) is 5.16. The predicted molar refractivity (Wildman–Crippen MR) is 105 cm³/mol. The molecule has 0 bridgehead atoms. The Kier molecular flexibility index (Phi) is 6.27. The number of alkyl halides is 3. The Balaban J connectivity index is 1.48. The summed E-state index contributed by atoms with van der Waals surface area (Å²) in [5.41, 5.74) is 0.401. The Morgan fingerprint density at radius 3 is 2.47 bits per heavy atom. The van der Waals surface area contributed by atoms with Gasteiger partial charge in [-0.3, -0.25) is 14.7 Å². The second-order valence-corrected chi connectivity index (χ2v) is 7.62. The van der Waals surface area contributed by atoms with E-state index in [1.54, 1.807) is 4.90 Å². The molecule has 1 aromatic carbocycles. The number of aromatic nitrogens is 5. The van der Waals surface area contributed by atoms with Gasteiger partial charge in [0.15, 0.2) is 5.16 Å². The maximum Gasteiger partial charge on any atom is 0.406 e. The summed E-state index contributed by atoms with van der Waals surface area (Å²) in [6.45, 7) is 0.405. The molecule has 0 saturated carbocycles. The molecule has 4 rings (SSSR count). The van der Waals surface area contributed by atoms with E-state index in [9.17, 15) is 23.3 Å². The SMILES string of the molecule is O=[N+]([O-])c1ccc(-c2nnc(CSc3nnc(N4CCOCC4)n3CC(F)(F)F)o2)cc1. The van der Waals surface area contributed by atoms with Crippen molar-refractivity contribution in [3.63, 3.8) is 0 Å². The molecule has 1 aliphatic rings. The van der Waals surface area contributed by atoms with Gasteiger partial charge < -0.3 is 14.1 Å². The molecule has 0 aliphatic carbocycles. The molecule has 0 radical (unpaired) electrons. The third-order valence-corrected chi connectivity index (χ3v) is 5.40. The number of thioether (sulfide) groups is 1. The second-order valence-electron chi connectivity index (χ2n) is 6.68. The Morgan fingerprint density at radius 1 is 1.09 bits per heavy atom. The molecular weight excluding hydrogens is 455 g/mol. The van der Waals surface area contributed by atoms with Crippen molar-refractivity contribution in [2.75, 3.05) is 31.2 Å². The molecular formula is C17H16F3N7O4S. The highest BCUT2D eigenvalue weighted by Crippen LogP contribution is 2.30. The molecule has 3 heterocycles. The van der Waals surface area contributed by atoms with Crippen LogP contribution in [0.25, 0.3) is 11.5 Å². The fourth-order valence-electron chi connectivity index (χ4n) is 2.98. The van der Waals surface area contributed by atoms with Gasteiger partial charge in [-0.25, -0.2) is 0 Å². The van der Waals surface area contributed by atoms with Gasteiger partial charge in [0.1, 0.15) is 6.54 Å². The summed E-state index contributed by atoms with van der Waals surface area (Å²) in [4.78, 5) is 11.9. The van der Waals surface area contributed by atoms with Gasteiger partial charge in [0.25, 0.3) is 5.69 Å². The number of anilines is 1. The summed E-state index contributed by atoms with van der Waals surface area (Å²) in [5.74, 6) is 0.503. The number of nitrogens with zero attached hydrogens (tertiary/aromatic N) is 7. The van der Waals surface area contributed by atoms with E-state index in [1.807, 2.05) is 0 Å². The summed E-state index contributed by atoms with van der Waals surface area (Å²) in [6, 6.07) is 5.55. The number of non-ortho nitro benzene ring substituents is 1. The van der Waals surface area contributed by atoms with E-state index in [-0.39, 0.29) is 34.3 Å². The molecule has 15 heteroatoms. The standard InChI is InChI=1S/C17H16F3N7O4S/c18-17(19,20)10-26-15(25-5-7-30-8-6-25)23-24-16(26)32-9-13-21-22-14(31-13)11-1-3-12(4-2-11)27(28)29/h1-4H,5-10H2. The van der Waals surface area contributed by atoms with Crippen molar-refractivity contribution in [3.05, 3.63) is 40.3 Å². The number of halogens is 3. The van der Waals surface area contributed by atoms with Gasteiger partial charge in [-0.1, -0.05) is 11.8 Å². The molecule has 0 atom stereocenters. The van der Waals surface area contributed by atoms with Crippen LogP contribution in [-0.2, 0) is 17.0 Å². The lowest BCUT2D eigenvalue weighted by atomic mass is 10.2. The first-order valence-electron chi connectivity index (χ1n) is 9.33. The van der Waals surface area contributed by atoms with E-state index in [2.05, 4.69) is 20.4 Å². The first-order chi connectivity index (χ1) is 15.3. The lowest BCUT2D eigenvalue weighted by Crippen LogP contribution is -2.38. The van der Waals surface area contributed by atoms with Gasteiger partial charge >= 0.3 is 6.18 Å². The van der Waals surface area contributed by atoms with E-state index in [4.69, 9.17) is 9.15 Å². The molecule has 32 heavy (non-hydrogen) atoms. The number of hydrogen-bond donors (Lipinski definition) is 0. The number of rotatable bonds is 7. The monoisotopic (exact) mass is 471 g/mol. The maximum absolute atomic E-state index is 13.2. The lowest BCUT2D eigenvalue weighted by Gasteiger charge is -2.28. The van der Waals surface area contributed by atoms with Crippen molar-refractivity contribution in [2.24, 2.45) is 0 Å². The lowest BCUT2D eigenvalue weighted by molar-refractivity contribution is -0.384. The van der Waals surface area contributed by atoms with Gasteiger partial charge in [0, 0.05) is 30.8 Å². The first kappa shape index (κ1) is 22.0. The quantitative estimate of drug-likeness (QED) is 0.288. The van der Waals surface area contributed by atoms with E-state index < -0.39 is 17.6 Å². The first-order valence-corrected chi connectivity index (χ1v) is 10.3. The van der Waals surface area contributed by atoms with Crippen molar-refractivity contribution in [2.45, 2.75) is 23.6 Å². The molecule has 170 valence electrons. The van der Waals surface area contributed by atoms with Gasteiger partial charge in [0.05, 0.1) is 23.9 Å². The van der Waals surface area contributed by atoms with E-state index >= 15 is 0 Å². The number of hydrogen-bond acceptors (Lipinski definition) is 10.